The van der Waals surface area contributed by atoms with Crippen LogP contribution in [0.5, 0.6) is 0 Å². The molecule has 0 radical (unpaired) electrons. The van der Waals surface area contributed by atoms with Gasteiger partial charge in [-0.1, -0.05) is 0 Å². The minimum Gasteiger partial charge on any atom is -0.443 e. The number of nitrogens with one attached hydrogen (secondary N) is 1. The molecule has 2 aromatic rings. The number of aromatic nitrogens is 2. The number of aliphatic hydroxyl groups is 1. The van der Waals surface area contributed by atoms with Crippen molar-refractivity contribution in [2.75, 3.05) is 5.32 Å². The van der Waals surface area contributed by atoms with E-state index in [2.05, 4.69) is 15.3 Å². The van der Waals surface area contributed by atoms with Crippen LogP contribution in [0.2, 0.25) is 0 Å². The lowest BCUT2D eigenvalue weighted by Crippen LogP contribution is -2.28. The molecule has 1 saturated carbocycles. The van der Waals surface area contributed by atoms with Gasteiger partial charge in [-0.2, -0.15) is 0 Å². The number of furan rings is 1. The standard InChI is InChI=1S/C14H19N3O2/c1-8-9(2)19-14-12(8)13(15-7-16-14)17-10-3-5-11(18)6-4-10/h7,10-11,18H,3-6H2,1-2H3,(H,15,16,17). The second-order valence-electron chi connectivity index (χ2n) is 5.34. The van der Waals surface area contributed by atoms with E-state index in [1.54, 1.807) is 0 Å². The molecule has 0 amide bonds. The molecule has 5 nitrogen and oxygen atoms in total. The Morgan fingerprint density at radius 2 is 1.95 bits per heavy atom. The summed E-state index contributed by atoms with van der Waals surface area (Å²) in [5.41, 5.74) is 1.73. The third-order valence-electron chi connectivity index (χ3n) is 4.00. The van der Waals surface area contributed by atoms with Gasteiger partial charge in [-0.25, -0.2) is 9.97 Å². The third-order valence-corrected chi connectivity index (χ3v) is 4.00. The van der Waals surface area contributed by atoms with E-state index in [-0.39, 0.29) is 6.10 Å². The van der Waals surface area contributed by atoms with Crippen molar-refractivity contribution in [3.8, 4) is 0 Å². The van der Waals surface area contributed by atoms with E-state index in [1.165, 1.54) is 6.33 Å². The molecule has 0 saturated heterocycles. The molecule has 2 heterocycles. The van der Waals surface area contributed by atoms with Crippen molar-refractivity contribution in [1.29, 1.82) is 0 Å². The summed E-state index contributed by atoms with van der Waals surface area (Å²) in [5.74, 6) is 1.73. The number of aliphatic hydroxyl groups excluding tert-OH is 1. The number of aryl methyl sites for hydroxylation is 2. The van der Waals surface area contributed by atoms with E-state index in [0.29, 0.717) is 11.8 Å². The van der Waals surface area contributed by atoms with Gasteiger partial charge in [0.2, 0.25) is 5.71 Å². The maximum atomic E-state index is 9.54. The van der Waals surface area contributed by atoms with Gasteiger partial charge in [0.25, 0.3) is 0 Å². The number of hydrogen-bond acceptors (Lipinski definition) is 5. The first kappa shape index (κ1) is 12.4. The highest BCUT2D eigenvalue weighted by molar-refractivity contribution is 5.89. The zero-order valence-electron chi connectivity index (χ0n) is 11.3. The van der Waals surface area contributed by atoms with Crippen LogP contribution in [0.4, 0.5) is 5.82 Å². The molecule has 0 spiro atoms. The first-order chi connectivity index (χ1) is 9.15. The second-order valence-corrected chi connectivity index (χ2v) is 5.34. The Labute approximate surface area is 112 Å². The van der Waals surface area contributed by atoms with E-state index >= 15 is 0 Å². The van der Waals surface area contributed by atoms with Gasteiger partial charge < -0.3 is 14.8 Å². The van der Waals surface area contributed by atoms with Crippen LogP contribution in [-0.2, 0) is 0 Å². The normalized spacial score (nSPS) is 23.7. The van der Waals surface area contributed by atoms with E-state index in [9.17, 15) is 5.11 Å². The molecule has 102 valence electrons. The summed E-state index contributed by atoms with van der Waals surface area (Å²) in [6, 6.07) is 0.371. The highest BCUT2D eigenvalue weighted by Gasteiger charge is 2.21. The zero-order valence-corrected chi connectivity index (χ0v) is 11.3. The number of hydrogen-bond donors (Lipinski definition) is 2. The van der Waals surface area contributed by atoms with Crippen LogP contribution in [0.3, 0.4) is 0 Å². The first-order valence-electron chi connectivity index (χ1n) is 6.80. The SMILES string of the molecule is Cc1oc2ncnc(NC3CCC(O)CC3)c2c1C. The third kappa shape index (κ3) is 2.30. The highest BCUT2D eigenvalue weighted by atomic mass is 16.3. The molecule has 3 rings (SSSR count). The summed E-state index contributed by atoms with van der Waals surface area (Å²) in [6.45, 7) is 3.97. The summed E-state index contributed by atoms with van der Waals surface area (Å²) in [5, 5.41) is 14.0. The lowest BCUT2D eigenvalue weighted by Gasteiger charge is -2.26. The fourth-order valence-corrected chi connectivity index (χ4v) is 2.71. The van der Waals surface area contributed by atoms with Crippen LogP contribution in [0.1, 0.15) is 37.0 Å². The van der Waals surface area contributed by atoms with Gasteiger partial charge in [0.05, 0.1) is 11.5 Å². The van der Waals surface area contributed by atoms with Crippen molar-refractivity contribution < 1.29 is 9.52 Å². The molecule has 1 aliphatic rings. The lowest BCUT2D eigenvalue weighted by molar-refractivity contribution is 0.126. The van der Waals surface area contributed by atoms with Crippen molar-refractivity contribution >= 4 is 16.9 Å². The molecule has 0 unspecified atom stereocenters. The maximum Gasteiger partial charge on any atom is 0.231 e. The number of rotatable bonds is 2. The van der Waals surface area contributed by atoms with Crippen molar-refractivity contribution in [2.24, 2.45) is 0 Å². The van der Waals surface area contributed by atoms with Gasteiger partial charge in [0.1, 0.15) is 17.9 Å². The fourth-order valence-electron chi connectivity index (χ4n) is 2.71. The average Bonchev–Trinajstić information content (AvgIpc) is 2.69. The summed E-state index contributed by atoms with van der Waals surface area (Å²) in [6.07, 6.45) is 5.06. The molecular weight excluding hydrogens is 242 g/mol. The van der Waals surface area contributed by atoms with Crippen molar-refractivity contribution in [1.82, 2.24) is 9.97 Å². The van der Waals surface area contributed by atoms with Crippen LogP contribution in [0.25, 0.3) is 11.1 Å². The van der Waals surface area contributed by atoms with Crippen LogP contribution >= 0.6 is 0 Å². The van der Waals surface area contributed by atoms with Crippen molar-refractivity contribution in [3.05, 3.63) is 17.7 Å². The monoisotopic (exact) mass is 261 g/mol. The maximum absolute atomic E-state index is 9.54. The molecule has 0 aliphatic heterocycles. The quantitative estimate of drug-likeness (QED) is 0.869. The molecular formula is C14H19N3O2. The van der Waals surface area contributed by atoms with E-state index < -0.39 is 0 Å². The zero-order chi connectivity index (χ0) is 13.4. The van der Waals surface area contributed by atoms with Gasteiger partial charge in [-0.15, -0.1) is 0 Å². The van der Waals surface area contributed by atoms with Crippen molar-refractivity contribution in [3.63, 3.8) is 0 Å². The molecule has 0 atom stereocenters. The average molecular weight is 261 g/mol. The highest BCUT2D eigenvalue weighted by Crippen LogP contribution is 2.30. The van der Waals surface area contributed by atoms with E-state index in [1.807, 2.05) is 13.8 Å². The molecule has 2 aromatic heterocycles. The van der Waals surface area contributed by atoms with Gasteiger partial charge in [0, 0.05) is 11.6 Å². The molecule has 5 heteroatoms. The molecule has 19 heavy (non-hydrogen) atoms. The summed E-state index contributed by atoms with van der Waals surface area (Å²) in [4.78, 5) is 8.52. The fraction of sp³-hybridized carbons (Fsp3) is 0.571. The second kappa shape index (κ2) is 4.81. The Morgan fingerprint density at radius 3 is 2.68 bits per heavy atom. The van der Waals surface area contributed by atoms with Crippen molar-refractivity contribution in [2.45, 2.75) is 51.7 Å². The molecule has 2 N–H and O–H groups in total. The Hall–Kier alpha value is -1.62. The van der Waals surface area contributed by atoms with E-state index in [0.717, 1.165) is 48.2 Å². The predicted octanol–water partition coefficient (Wildman–Crippen LogP) is 2.56. The Bertz CT molecular complexity index is 586. The van der Waals surface area contributed by atoms with Crippen LogP contribution in [0.15, 0.2) is 10.7 Å². The van der Waals surface area contributed by atoms with Crippen LogP contribution in [-0.4, -0.2) is 27.2 Å². The minimum atomic E-state index is -0.138. The largest absolute Gasteiger partial charge is 0.443 e. The van der Waals surface area contributed by atoms with Crippen LogP contribution < -0.4 is 5.32 Å². The van der Waals surface area contributed by atoms with Gasteiger partial charge in [-0.3, -0.25) is 0 Å². The number of fused-ring (bicyclic) bond motifs is 1. The topological polar surface area (TPSA) is 71.2 Å². The Balaban J connectivity index is 1.88. The van der Waals surface area contributed by atoms with Gasteiger partial charge >= 0.3 is 0 Å². The number of nitrogens with zero attached hydrogens (tertiary/aromatic N) is 2. The summed E-state index contributed by atoms with van der Waals surface area (Å²) in [7, 11) is 0. The lowest BCUT2D eigenvalue weighted by atomic mass is 9.93. The molecule has 0 aromatic carbocycles. The molecule has 1 aliphatic carbocycles. The Morgan fingerprint density at radius 1 is 1.21 bits per heavy atom. The van der Waals surface area contributed by atoms with Gasteiger partial charge in [-0.05, 0) is 39.5 Å². The predicted molar refractivity (Wildman–Crippen MR) is 73.2 cm³/mol. The smallest absolute Gasteiger partial charge is 0.231 e. The molecule has 0 bridgehead atoms. The van der Waals surface area contributed by atoms with E-state index in [4.69, 9.17) is 4.42 Å². The first-order valence-corrected chi connectivity index (χ1v) is 6.80. The number of anilines is 1. The van der Waals surface area contributed by atoms with Gasteiger partial charge in [0.15, 0.2) is 0 Å². The Kier molecular flexibility index (Phi) is 3.14. The summed E-state index contributed by atoms with van der Waals surface area (Å²) < 4.78 is 5.61. The molecule has 1 fully saturated rings. The summed E-state index contributed by atoms with van der Waals surface area (Å²) >= 11 is 0. The minimum absolute atomic E-state index is 0.138. The van der Waals surface area contributed by atoms with Crippen LogP contribution in [0, 0.1) is 13.8 Å².